The lowest BCUT2D eigenvalue weighted by Gasteiger charge is -2.07. The Morgan fingerprint density at radius 3 is 2.88 bits per heavy atom. The molecule has 1 aromatic heterocycles. The zero-order valence-electron chi connectivity index (χ0n) is 9.05. The summed E-state index contributed by atoms with van der Waals surface area (Å²) >= 11 is 1.26. The van der Waals surface area contributed by atoms with Crippen molar-refractivity contribution >= 4 is 17.4 Å². The number of hydrogen-bond donors (Lipinski definition) is 1. The average molecular weight is 251 g/mol. The predicted octanol–water partition coefficient (Wildman–Crippen LogP) is 2.36. The van der Waals surface area contributed by atoms with Gasteiger partial charge in [0.15, 0.2) is 0 Å². The number of benzene rings is 1. The zero-order chi connectivity index (χ0) is 12.3. The van der Waals surface area contributed by atoms with E-state index in [0.717, 1.165) is 4.90 Å². The van der Waals surface area contributed by atoms with E-state index in [9.17, 15) is 4.39 Å². The van der Waals surface area contributed by atoms with Crippen LogP contribution >= 0.6 is 11.8 Å². The van der Waals surface area contributed by atoms with Gasteiger partial charge >= 0.3 is 0 Å². The van der Waals surface area contributed by atoms with Crippen LogP contribution in [0.3, 0.4) is 0 Å². The molecule has 0 saturated carbocycles. The van der Waals surface area contributed by atoms with Gasteiger partial charge in [-0.2, -0.15) is 4.98 Å². The minimum absolute atomic E-state index is 0.297. The number of nitrogens with two attached hydrogens (primary N) is 1. The van der Waals surface area contributed by atoms with Gasteiger partial charge in [0.2, 0.25) is 5.88 Å². The van der Waals surface area contributed by atoms with Crippen LogP contribution in [0.2, 0.25) is 0 Å². The number of halogens is 1. The summed E-state index contributed by atoms with van der Waals surface area (Å²) in [7, 11) is 1.48. The molecule has 2 rings (SSSR count). The van der Waals surface area contributed by atoms with E-state index in [-0.39, 0.29) is 5.82 Å². The van der Waals surface area contributed by atoms with Crippen LogP contribution in [0, 0.1) is 5.82 Å². The van der Waals surface area contributed by atoms with Crippen molar-refractivity contribution in [3.8, 4) is 5.88 Å². The highest BCUT2D eigenvalue weighted by Crippen LogP contribution is 2.33. The highest BCUT2D eigenvalue weighted by molar-refractivity contribution is 7.99. The number of methoxy groups -OCH3 is 1. The summed E-state index contributed by atoms with van der Waals surface area (Å²) in [6, 6.07) is 6.21. The minimum Gasteiger partial charge on any atom is -0.479 e. The van der Waals surface area contributed by atoms with Crippen LogP contribution in [-0.2, 0) is 0 Å². The SMILES string of the molecule is COc1ncnc(Sc2cccc(F)c2)c1N. The number of ether oxygens (including phenoxy) is 1. The third-order valence-electron chi connectivity index (χ3n) is 2.01. The molecule has 1 aromatic carbocycles. The second kappa shape index (κ2) is 5.01. The topological polar surface area (TPSA) is 61.0 Å². The third kappa shape index (κ3) is 2.65. The highest BCUT2D eigenvalue weighted by Gasteiger charge is 2.09. The first-order valence-corrected chi connectivity index (χ1v) is 5.60. The number of aromatic nitrogens is 2. The van der Waals surface area contributed by atoms with Gasteiger partial charge in [-0.05, 0) is 18.2 Å². The van der Waals surface area contributed by atoms with Gasteiger partial charge in [-0.1, -0.05) is 17.8 Å². The van der Waals surface area contributed by atoms with Crippen LogP contribution < -0.4 is 10.5 Å². The van der Waals surface area contributed by atoms with Crippen molar-refractivity contribution < 1.29 is 9.13 Å². The molecule has 0 radical (unpaired) electrons. The third-order valence-corrected chi connectivity index (χ3v) is 3.02. The number of rotatable bonds is 3. The summed E-state index contributed by atoms with van der Waals surface area (Å²) in [6.45, 7) is 0. The number of nitrogen functional groups attached to an aromatic ring is 1. The van der Waals surface area contributed by atoms with E-state index in [2.05, 4.69) is 9.97 Å². The van der Waals surface area contributed by atoms with Crippen molar-refractivity contribution in [2.45, 2.75) is 9.92 Å². The van der Waals surface area contributed by atoms with Gasteiger partial charge in [-0.25, -0.2) is 9.37 Å². The molecule has 0 fully saturated rings. The molecule has 0 bridgehead atoms. The first-order valence-electron chi connectivity index (χ1n) is 4.78. The Hall–Kier alpha value is -1.82. The molecule has 0 spiro atoms. The molecule has 17 heavy (non-hydrogen) atoms. The lowest BCUT2D eigenvalue weighted by Crippen LogP contribution is -1.99. The molecule has 0 unspecified atom stereocenters. The lowest BCUT2D eigenvalue weighted by atomic mass is 10.4. The fourth-order valence-corrected chi connectivity index (χ4v) is 2.09. The van der Waals surface area contributed by atoms with Gasteiger partial charge in [-0.15, -0.1) is 0 Å². The molecular formula is C11H10FN3OS. The van der Waals surface area contributed by atoms with Crippen molar-refractivity contribution in [3.63, 3.8) is 0 Å². The molecule has 0 aliphatic carbocycles. The fourth-order valence-electron chi connectivity index (χ4n) is 1.25. The second-order valence-corrected chi connectivity index (χ2v) is 4.22. The molecule has 2 aromatic rings. The van der Waals surface area contributed by atoms with Gasteiger partial charge in [0.1, 0.15) is 22.9 Å². The maximum absolute atomic E-state index is 13.0. The summed E-state index contributed by atoms with van der Waals surface area (Å²) < 4.78 is 18.0. The molecule has 1 heterocycles. The minimum atomic E-state index is -0.297. The molecule has 6 heteroatoms. The van der Waals surface area contributed by atoms with Gasteiger partial charge < -0.3 is 10.5 Å². The lowest BCUT2D eigenvalue weighted by molar-refractivity contribution is 0.397. The van der Waals surface area contributed by atoms with Crippen molar-refractivity contribution in [3.05, 3.63) is 36.4 Å². The van der Waals surface area contributed by atoms with Crippen LogP contribution in [0.1, 0.15) is 0 Å². The van der Waals surface area contributed by atoms with E-state index in [1.165, 1.54) is 37.3 Å². The average Bonchev–Trinajstić information content (AvgIpc) is 2.32. The maximum atomic E-state index is 13.0. The molecule has 88 valence electrons. The molecule has 0 atom stereocenters. The summed E-state index contributed by atoms with van der Waals surface area (Å²) in [5.74, 6) is 0.0218. The van der Waals surface area contributed by atoms with Crippen LogP contribution in [0.4, 0.5) is 10.1 Å². The van der Waals surface area contributed by atoms with Crippen LogP contribution in [0.25, 0.3) is 0 Å². The van der Waals surface area contributed by atoms with Crippen molar-refractivity contribution in [2.24, 2.45) is 0 Å². The summed E-state index contributed by atoms with van der Waals surface area (Å²) in [6.07, 6.45) is 1.36. The van der Waals surface area contributed by atoms with E-state index < -0.39 is 0 Å². The van der Waals surface area contributed by atoms with Gasteiger partial charge in [0.05, 0.1) is 7.11 Å². The Morgan fingerprint density at radius 2 is 2.18 bits per heavy atom. The van der Waals surface area contributed by atoms with E-state index in [1.54, 1.807) is 12.1 Å². The molecule has 0 aliphatic heterocycles. The van der Waals surface area contributed by atoms with E-state index >= 15 is 0 Å². The summed E-state index contributed by atoms with van der Waals surface area (Å²) in [5, 5.41) is 0.544. The zero-order valence-corrected chi connectivity index (χ0v) is 9.87. The Kier molecular flexibility index (Phi) is 3.43. The first kappa shape index (κ1) is 11.7. The van der Waals surface area contributed by atoms with E-state index in [4.69, 9.17) is 10.5 Å². The number of anilines is 1. The van der Waals surface area contributed by atoms with Crippen molar-refractivity contribution in [2.75, 3.05) is 12.8 Å². The summed E-state index contributed by atoms with van der Waals surface area (Å²) in [4.78, 5) is 8.63. The summed E-state index contributed by atoms with van der Waals surface area (Å²) in [5.41, 5.74) is 6.17. The first-order chi connectivity index (χ1) is 8.20. The Morgan fingerprint density at radius 1 is 1.35 bits per heavy atom. The molecular weight excluding hydrogens is 241 g/mol. The molecule has 2 N–H and O–H groups in total. The van der Waals surface area contributed by atoms with Crippen molar-refractivity contribution in [1.29, 1.82) is 0 Å². The normalized spacial score (nSPS) is 10.2. The van der Waals surface area contributed by atoms with Gasteiger partial charge in [0.25, 0.3) is 0 Å². The Balaban J connectivity index is 2.30. The monoisotopic (exact) mass is 251 g/mol. The molecule has 4 nitrogen and oxygen atoms in total. The predicted molar refractivity (Wildman–Crippen MR) is 63.5 cm³/mol. The quantitative estimate of drug-likeness (QED) is 0.848. The van der Waals surface area contributed by atoms with Crippen LogP contribution in [0.5, 0.6) is 5.88 Å². The van der Waals surface area contributed by atoms with Crippen molar-refractivity contribution in [1.82, 2.24) is 9.97 Å². The second-order valence-electron chi connectivity index (χ2n) is 3.16. The highest BCUT2D eigenvalue weighted by atomic mass is 32.2. The number of hydrogen-bond acceptors (Lipinski definition) is 5. The smallest absolute Gasteiger partial charge is 0.241 e. The Bertz CT molecular complexity index is 536. The largest absolute Gasteiger partial charge is 0.479 e. The molecule has 0 saturated heterocycles. The maximum Gasteiger partial charge on any atom is 0.241 e. The fraction of sp³-hybridized carbons (Fsp3) is 0.0909. The molecule has 0 amide bonds. The van der Waals surface area contributed by atoms with E-state index in [1.807, 2.05) is 0 Å². The van der Waals surface area contributed by atoms with E-state index in [0.29, 0.717) is 16.6 Å². The van der Waals surface area contributed by atoms with Gasteiger partial charge in [0, 0.05) is 4.90 Å². The number of nitrogens with zero attached hydrogens (tertiary/aromatic N) is 2. The van der Waals surface area contributed by atoms with Crippen LogP contribution in [-0.4, -0.2) is 17.1 Å². The van der Waals surface area contributed by atoms with Crippen LogP contribution in [0.15, 0.2) is 40.5 Å². The standard InChI is InChI=1S/C11H10FN3OS/c1-16-10-9(13)11(15-6-14-10)17-8-4-2-3-7(12)5-8/h2-6H,13H2,1H3. The molecule has 0 aliphatic rings. The Labute approximate surface area is 102 Å². The van der Waals surface area contributed by atoms with Gasteiger partial charge in [-0.3, -0.25) is 0 Å².